The van der Waals surface area contributed by atoms with Gasteiger partial charge in [0.05, 0.1) is 11.4 Å². The van der Waals surface area contributed by atoms with E-state index >= 15 is 0 Å². The minimum atomic E-state index is 0.0263. The molecule has 1 unspecified atom stereocenters. The fraction of sp³-hybridized carbons (Fsp3) is 0.176. The number of carbonyl (C=O) groups excluding carboxylic acids is 1. The van der Waals surface area contributed by atoms with Crippen molar-refractivity contribution in [1.82, 2.24) is 20.6 Å². The van der Waals surface area contributed by atoms with Crippen LogP contribution in [0.1, 0.15) is 13.3 Å². The summed E-state index contributed by atoms with van der Waals surface area (Å²) in [6.07, 6.45) is 0.449. The average Bonchev–Trinajstić information content (AvgIpc) is 3.06. The second kappa shape index (κ2) is 5.77. The maximum Gasteiger partial charge on any atom is 0.226 e. The molecule has 1 aliphatic rings. The van der Waals surface area contributed by atoms with Crippen LogP contribution < -0.4 is 10.6 Å². The van der Waals surface area contributed by atoms with Gasteiger partial charge in [-0.25, -0.2) is 0 Å². The summed E-state index contributed by atoms with van der Waals surface area (Å²) in [4.78, 5) is 11.9. The number of aromatic amines is 1. The maximum atomic E-state index is 11.9. The summed E-state index contributed by atoms with van der Waals surface area (Å²) < 4.78 is 0. The Bertz CT molecular complexity index is 873. The minimum absolute atomic E-state index is 0.0263. The molecule has 1 aromatic heterocycles. The van der Waals surface area contributed by atoms with E-state index in [4.69, 9.17) is 0 Å². The van der Waals surface area contributed by atoms with Crippen LogP contribution in [0.4, 0.5) is 11.4 Å². The molecular formula is C17H16N6O. The van der Waals surface area contributed by atoms with Gasteiger partial charge >= 0.3 is 0 Å². The fourth-order valence-electron chi connectivity index (χ4n) is 2.91. The summed E-state index contributed by atoms with van der Waals surface area (Å²) in [6.45, 7) is 2.00. The molecule has 4 rings (SSSR count). The number of nitrogens with one attached hydrogen (secondary N) is 3. The molecule has 120 valence electrons. The number of hydrogen-bond acceptors (Lipinski definition) is 5. The highest BCUT2D eigenvalue weighted by molar-refractivity contribution is 6.00. The molecule has 0 saturated carbocycles. The van der Waals surface area contributed by atoms with Crippen LogP contribution in [0.15, 0.2) is 42.5 Å². The van der Waals surface area contributed by atoms with E-state index in [1.54, 1.807) is 0 Å². The summed E-state index contributed by atoms with van der Waals surface area (Å²) in [6, 6.07) is 13.9. The van der Waals surface area contributed by atoms with E-state index < -0.39 is 0 Å². The largest absolute Gasteiger partial charge is 0.380 e. The summed E-state index contributed by atoms with van der Waals surface area (Å²) in [5.74, 6) is 0.589. The van der Waals surface area contributed by atoms with Crippen LogP contribution >= 0.6 is 0 Å². The number of rotatable bonds is 2. The molecule has 1 atom stereocenters. The SMILES string of the molecule is CC1CC(=O)Nc2cccc(-c3ccc(-c4nn[nH]n4)cc3)c2N1. The molecule has 7 heteroatoms. The molecule has 0 radical (unpaired) electrons. The van der Waals surface area contributed by atoms with E-state index in [0.717, 1.165) is 28.1 Å². The molecule has 3 N–H and O–H groups in total. The van der Waals surface area contributed by atoms with Crippen LogP contribution in [0.25, 0.3) is 22.5 Å². The molecule has 3 aromatic rings. The van der Waals surface area contributed by atoms with Crippen LogP contribution in [0.2, 0.25) is 0 Å². The number of aromatic nitrogens is 4. The molecule has 24 heavy (non-hydrogen) atoms. The second-order valence-electron chi connectivity index (χ2n) is 5.84. The molecule has 0 saturated heterocycles. The van der Waals surface area contributed by atoms with Crippen molar-refractivity contribution in [2.24, 2.45) is 0 Å². The Labute approximate surface area is 138 Å². The first-order valence-electron chi connectivity index (χ1n) is 7.74. The Morgan fingerprint density at radius 2 is 1.88 bits per heavy atom. The van der Waals surface area contributed by atoms with Gasteiger partial charge in [0.2, 0.25) is 11.7 Å². The Hall–Kier alpha value is -3.22. The summed E-state index contributed by atoms with van der Waals surface area (Å²) in [5.41, 5.74) is 4.74. The Morgan fingerprint density at radius 3 is 2.62 bits per heavy atom. The van der Waals surface area contributed by atoms with E-state index in [0.29, 0.717) is 12.2 Å². The van der Waals surface area contributed by atoms with Crippen molar-refractivity contribution in [3.63, 3.8) is 0 Å². The number of hydrogen-bond donors (Lipinski definition) is 3. The summed E-state index contributed by atoms with van der Waals surface area (Å²) >= 11 is 0. The van der Waals surface area contributed by atoms with Crippen molar-refractivity contribution >= 4 is 17.3 Å². The molecule has 0 spiro atoms. The molecule has 0 bridgehead atoms. The summed E-state index contributed by atoms with van der Waals surface area (Å²) in [7, 11) is 0. The third-order valence-electron chi connectivity index (χ3n) is 4.02. The van der Waals surface area contributed by atoms with Crippen molar-refractivity contribution in [1.29, 1.82) is 0 Å². The molecule has 0 fully saturated rings. The second-order valence-corrected chi connectivity index (χ2v) is 5.84. The van der Waals surface area contributed by atoms with Crippen molar-refractivity contribution in [2.75, 3.05) is 10.6 Å². The number of anilines is 2. The molecule has 1 aliphatic heterocycles. The van der Waals surface area contributed by atoms with Gasteiger partial charge in [-0.2, -0.15) is 5.21 Å². The standard InChI is InChI=1S/C17H16N6O/c1-10-9-15(24)19-14-4-2-3-13(16(14)18-10)11-5-7-12(8-6-11)17-20-22-23-21-17/h2-8,10,18H,9H2,1H3,(H,19,24)(H,20,21,22,23). The topological polar surface area (TPSA) is 95.6 Å². The lowest BCUT2D eigenvalue weighted by atomic mass is 10.0. The van der Waals surface area contributed by atoms with Gasteiger partial charge in [0.1, 0.15) is 0 Å². The van der Waals surface area contributed by atoms with E-state index in [1.807, 2.05) is 49.4 Å². The van der Waals surface area contributed by atoms with E-state index in [1.165, 1.54) is 0 Å². The van der Waals surface area contributed by atoms with E-state index in [9.17, 15) is 4.79 Å². The lowest BCUT2D eigenvalue weighted by molar-refractivity contribution is -0.116. The van der Waals surface area contributed by atoms with Crippen LogP contribution in [0.3, 0.4) is 0 Å². The minimum Gasteiger partial charge on any atom is -0.380 e. The zero-order chi connectivity index (χ0) is 16.5. The molecule has 2 heterocycles. The third-order valence-corrected chi connectivity index (χ3v) is 4.02. The molecular weight excluding hydrogens is 304 g/mol. The fourth-order valence-corrected chi connectivity index (χ4v) is 2.91. The Kier molecular flexibility index (Phi) is 3.45. The lowest BCUT2D eigenvalue weighted by Crippen LogP contribution is -2.19. The quantitative estimate of drug-likeness (QED) is 0.674. The normalized spacial score (nSPS) is 16.7. The van der Waals surface area contributed by atoms with Gasteiger partial charge in [-0.1, -0.05) is 36.4 Å². The Balaban J connectivity index is 1.75. The van der Waals surface area contributed by atoms with Crippen LogP contribution in [-0.2, 0) is 4.79 Å². The van der Waals surface area contributed by atoms with Gasteiger partial charge in [0.15, 0.2) is 0 Å². The first-order valence-corrected chi connectivity index (χ1v) is 7.74. The van der Waals surface area contributed by atoms with Crippen molar-refractivity contribution in [2.45, 2.75) is 19.4 Å². The van der Waals surface area contributed by atoms with Gasteiger partial charge in [0.25, 0.3) is 0 Å². The Morgan fingerprint density at radius 1 is 1.08 bits per heavy atom. The van der Waals surface area contributed by atoms with Gasteiger partial charge in [-0.05, 0) is 23.8 Å². The number of fused-ring (bicyclic) bond motifs is 1. The molecule has 7 nitrogen and oxygen atoms in total. The number of amides is 1. The maximum absolute atomic E-state index is 11.9. The highest BCUT2D eigenvalue weighted by atomic mass is 16.1. The monoisotopic (exact) mass is 320 g/mol. The van der Waals surface area contributed by atoms with Crippen LogP contribution in [0.5, 0.6) is 0 Å². The highest BCUT2D eigenvalue weighted by Crippen LogP contribution is 2.37. The predicted octanol–water partition coefficient (Wildman–Crippen LogP) is 2.68. The van der Waals surface area contributed by atoms with Gasteiger partial charge < -0.3 is 10.6 Å². The molecule has 1 amide bonds. The zero-order valence-corrected chi connectivity index (χ0v) is 13.1. The first kappa shape index (κ1) is 14.4. The number of H-pyrrole nitrogens is 1. The van der Waals surface area contributed by atoms with Crippen LogP contribution in [-0.4, -0.2) is 32.6 Å². The molecule has 0 aliphatic carbocycles. The predicted molar refractivity (Wildman–Crippen MR) is 91.4 cm³/mol. The average molecular weight is 320 g/mol. The third kappa shape index (κ3) is 2.60. The van der Waals surface area contributed by atoms with Gasteiger partial charge in [-0.3, -0.25) is 4.79 Å². The number of nitrogens with zero attached hydrogens (tertiary/aromatic N) is 3. The smallest absolute Gasteiger partial charge is 0.226 e. The van der Waals surface area contributed by atoms with Gasteiger partial charge in [0, 0.05) is 23.6 Å². The summed E-state index contributed by atoms with van der Waals surface area (Å²) in [5, 5.41) is 20.4. The van der Waals surface area contributed by atoms with Crippen molar-refractivity contribution < 1.29 is 4.79 Å². The molecule has 2 aromatic carbocycles. The number of para-hydroxylation sites is 1. The van der Waals surface area contributed by atoms with Crippen molar-refractivity contribution in [3.05, 3.63) is 42.5 Å². The highest BCUT2D eigenvalue weighted by Gasteiger charge is 2.20. The van der Waals surface area contributed by atoms with Gasteiger partial charge in [-0.15, -0.1) is 10.2 Å². The number of carbonyl (C=O) groups is 1. The first-order chi connectivity index (χ1) is 11.7. The number of tetrazole rings is 1. The van der Waals surface area contributed by atoms with E-state index in [-0.39, 0.29) is 11.9 Å². The zero-order valence-electron chi connectivity index (χ0n) is 13.1. The lowest BCUT2D eigenvalue weighted by Gasteiger charge is -2.16. The van der Waals surface area contributed by atoms with E-state index in [2.05, 4.69) is 31.3 Å². The van der Waals surface area contributed by atoms with Crippen molar-refractivity contribution in [3.8, 4) is 22.5 Å². The number of benzene rings is 2. The van der Waals surface area contributed by atoms with Crippen LogP contribution in [0, 0.1) is 0 Å².